The Balaban J connectivity index is 2.24. The van der Waals surface area contributed by atoms with Gasteiger partial charge in [0.1, 0.15) is 0 Å². The minimum atomic E-state index is -3.68. The van der Waals surface area contributed by atoms with Gasteiger partial charge in [-0.25, -0.2) is 13.1 Å². The molecule has 0 aliphatic heterocycles. The maximum absolute atomic E-state index is 12.2. The average Bonchev–Trinajstić information content (AvgIpc) is 2.83. The largest absolute Gasteiger partial charge is 0.326 e. The number of nitrogens with two attached hydrogens (primary N) is 1. The van der Waals surface area contributed by atoms with Crippen LogP contribution in [0.1, 0.15) is 11.3 Å². The van der Waals surface area contributed by atoms with Gasteiger partial charge in [0.25, 0.3) is 0 Å². The van der Waals surface area contributed by atoms with Gasteiger partial charge in [-0.15, -0.1) is 0 Å². The first-order valence-electron chi connectivity index (χ1n) is 5.57. The molecule has 0 saturated heterocycles. The number of sulfonamides is 1. The van der Waals surface area contributed by atoms with Gasteiger partial charge in [0.15, 0.2) is 0 Å². The standard InChI is InChI=1S/C11H12BrN3O3S2/c12-9-2-1-7(4-13)3-10(9)20(17,18)14-5-8-6-19-11(16)15-8/h1-3,6,14H,4-5,13H2,(H,15,16). The molecule has 20 heavy (non-hydrogen) atoms. The number of halogens is 1. The highest BCUT2D eigenvalue weighted by Crippen LogP contribution is 2.23. The third-order valence-electron chi connectivity index (χ3n) is 2.54. The Kier molecular flexibility index (Phi) is 4.76. The maximum Gasteiger partial charge on any atom is 0.304 e. The van der Waals surface area contributed by atoms with Crippen molar-refractivity contribution >= 4 is 37.3 Å². The lowest BCUT2D eigenvalue weighted by atomic mass is 10.2. The van der Waals surface area contributed by atoms with Crippen LogP contribution in [0, 0.1) is 0 Å². The third-order valence-corrected chi connectivity index (χ3v) is 5.66. The lowest BCUT2D eigenvalue weighted by Crippen LogP contribution is -2.24. The normalized spacial score (nSPS) is 11.7. The Morgan fingerprint density at radius 1 is 1.40 bits per heavy atom. The van der Waals surface area contributed by atoms with Gasteiger partial charge >= 0.3 is 4.87 Å². The smallest absolute Gasteiger partial charge is 0.304 e. The van der Waals surface area contributed by atoms with Crippen LogP contribution in [0.15, 0.2) is 37.7 Å². The molecule has 2 aromatic rings. The van der Waals surface area contributed by atoms with E-state index in [1.54, 1.807) is 17.5 Å². The van der Waals surface area contributed by atoms with E-state index >= 15 is 0 Å². The lowest BCUT2D eigenvalue weighted by molar-refractivity contribution is 0.580. The maximum atomic E-state index is 12.2. The fourth-order valence-corrected chi connectivity index (χ4v) is 4.13. The molecule has 1 aromatic heterocycles. The summed E-state index contributed by atoms with van der Waals surface area (Å²) in [6.07, 6.45) is 0. The van der Waals surface area contributed by atoms with Crippen molar-refractivity contribution in [3.63, 3.8) is 0 Å². The van der Waals surface area contributed by atoms with Crippen molar-refractivity contribution in [3.8, 4) is 0 Å². The summed E-state index contributed by atoms with van der Waals surface area (Å²) < 4.78 is 27.4. The van der Waals surface area contributed by atoms with Crippen LogP contribution in [-0.4, -0.2) is 13.4 Å². The molecule has 0 spiro atoms. The van der Waals surface area contributed by atoms with Gasteiger partial charge in [-0.05, 0) is 33.6 Å². The van der Waals surface area contributed by atoms with E-state index in [1.165, 1.54) is 6.07 Å². The number of hydrogen-bond acceptors (Lipinski definition) is 5. The fourth-order valence-electron chi connectivity index (χ4n) is 1.53. The van der Waals surface area contributed by atoms with Gasteiger partial charge in [-0.2, -0.15) is 0 Å². The summed E-state index contributed by atoms with van der Waals surface area (Å²) in [7, 11) is -3.68. The lowest BCUT2D eigenvalue weighted by Gasteiger charge is -2.09. The first-order chi connectivity index (χ1) is 9.42. The molecule has 0 bridgehead atoms. The zero-order valence-corrected chi connectivity index (χ0v) is 13.4. The van der Waals surface area contributed by atoms with Crippen LogP contribution in [0.4, 0.5) is 0 Å². The predicted molar refractivity (Wildman–Crippen MR) is 81.0 cm³/mol. The monoisotopic (exact) mass is 377 g/mol. The van der Waals surface area contributed by atoms with Crippen LogP contribution in [0.5, 0.6) is 0 Å². The quantitative estimate of drug-likeness (QED) is 0.726. The summed E-state index contributed by atoms with van der Waals surface area (Å²) in [5, 5.41) is 1.58. The average molecular weight is 378 g/mol. The first-order valence-corrected chi connectivity index (χ1v) is 8.73. The zero-order valence-electron chi connectivity index (χ0n) is 10.2. The van der Waals surface area contributed by atoms with E-state index in [4.69, 9.17) is 5.73 Å². The van der Waals surface area contributed by atoms with Crippen LogP contribution < -0.4 is 15.3 Å². The molecule has 0 atom stereocenters. The molecule has 2 rings (SSSR count). The summed E-state index contributed by atoms with van der Waals surface area (Å²) in [6.45, 7) is 0.286. The Morgan fingerprint density at radius 2 is 2.15 bits per heavy atom. The molecule has 1 heterocycles. The van der Waals surface area contributed by atoms with E-state index in [0.717, 1.165) is 16.9 Å². The summed E-state index contributed by atoms with van der Waals surface area (Å²) >= 11 is 4.20. The van der Waals surface area contributed by atoms with Gasteiger partial charge in [-0.3, -0.25) is 4.79 Å². The van der Waals surface area contributed by atoms with Crippen molar-refractivity contribution < 1.29 is 8.42 Å². The Morgan fingerprint density at radius 3 is 2.75 bits per heavy atom. The van der Waals surface area contributed by atoms with Crippen LogP contribution in [0.2, 0.25) is 0 Å². The molecule has 0 amide bonds. The van der Waals surface area contributed by atoms with Gasteiger partial charge in [0.2, 0.25) is 10.0 Å². The number of H-pyrrole nitrogens is 1. The minimum Gasteiger partial charge on any atom is -0.326 e. The molecular formula is C11H12BrN3O3S2. The highest BCUT2D eigenvalue weighted by molar-refractivity contribution is 9.10. The zero-order chi connectivity index (χ0) is 14.8. The third kappa shape index (κ3) is 3.55. The van der Waals surface area contributed by atoms with Crippen molar-refractivity contribution in [2.45, 2.75) is 18.0 Å². The van der Waals surface area contributed by atoms with E-state index in [0.29, 0.717) is 10.2 Å². The van der Waals surface area contributed by atoms with Gasteiger partial charge in [-0.1, -0.05) is 17.4 Å². The Hall–Kier alpha value is -1.00. The Bertz CT molecular complexity index is 767. The van der Waals surface area contributed by atoms with Gasteiger partial charge in [0.05, 0.1) is 11.4 Å². The van der Waals surface area contributed by atoms with Gasteiger partial charge in [0, 0.05) is 22.1 Å². The number of aromatic nitrogens is 1. The number of rotatable bonds is 5. The molecule has 0 saturated carbocycles. The van der Waals surface area contributed by atoms with Crippen LogP contribution in [0.25, 0.3) is 0 Å². The highest BCUT2D eigenvalue weighted by Gasteiger charge is 2.18. The van der Waals surface area contributed by atoms with E-state index < -0.39 is 10.0 Å². The highest BCUT2D eigenvalue weighted by atomic mass is 79.9. The van der Waals surface area contributed by atoms with Crippen molar-refractivity contribution in [1.29, 1.82) is 0 Å². The molecule has 0 unspecified atom stereocenters. The predicted octanol–water partition coefficient (Wildman–Crippen LogP) is 1.14. The summed E-state index contributed by atoms with van der Waals surface area (Å²) in [5.74, 6) is 0. The molecule has 9 heteroatoms. The number of hydrogen-bond donors (Lipinski definition) is 3. The van der Waals surface area contributed by atoms with Crippen molar-refractivity contribution in [1.82, 2.24) is 9.71 Å². The summed E-state index contributed by atoms with van der Waals surface area (Å²) in [6, 6.07) is 4.91. The van der Waals surface area contributed by atoms with Crippen molar-refractivity contribution in [2.75, 3.05) is 0 Å². The van der Waals surface area contributed by atoms with Crippen molar-refractivity contribution in [3.05, 3.63) is 49.0 Å². The second-order valence-corrected chi connectivity index (χ2v) is 7.40. The van der Waals surface area contributed by atoms with E-state index in [-0.39, 0.29) is 22.9 Å². The fraction of sp³-hybridized carbons (Fsp3) is 0.182. The molecule has 108 valence electrons. The van der Waals surface area contributed by atoms with Gasteiger partial charge < -0.3 is 10.7 Å². The number of thiazole rings is 1. The summed E-state index contributed by atoms with van der Waals surface area (Å²) in [4.78, 5) is 13.4. The van der Waals surface area contributed by atoms with Crippen LogP contribution in [0.3, 0.4) is 0 Å². The van der Waals surface area contributed by atoms with E-state index in [1.807, 2.05) is 0 Å². The molecule has 1 aromatic carbocycles. The molecule has 4 N–H and O–H groups in total. The van der Waals surface area contributed by atoms with Crippen LogP contribution in [-0.2, 0) is 23.1 Å². The molecular weight excluding hydrogens is 366 g/mol. The van der Waals surface area contributed by atoms with E-state index in [2.05, 4.69) is 25.6 Å². The number of aromatic amines is 1. The second-order valence-electron chi connectivity index (χ2n) is 3.97. The topological polar surface area (TPSA) is 105 Å². The summed E-state index contributed by atoms with van der Waals surface area (Å²) in [5.41, 5.74) is 6.75. The molecule has 0 aliphatic rings. The number of nitrogens with one attached hydrogen (secondary N) is 2. The molecule has 0 aliphatic carbocycles. The van der Waals surface area contributed by atoms with Crippen LogP contribution >= 0.6 is 27.3 Å². The minimum absolute atomic E-state index is 0.0281. The van der Waals surface area contributed by atoms with Crippen molar-refractivity contribution in [2.24, 2.45) is 5.73 Å². The second kappa shape index (κ2) is 6.19. The number of benzene rings is 1. The SMILES string of the molecule is NCc1ccc(Br)c(S(=O)(=O)NCc2csc(=O)[nH]2)c1. The Labute approximate surface area is 128 Å². The van der Waals surface area contributed by atoms with E-state index in [9.17, 15) is 13.2 Å². The first kappa shape index (κ1) is 15.4. The molecule has 6 nitrogen and oxygen atoms in total. The molecule has 0 fully saturated rings. The molecule has 0 radical (unpaired) electrons.